The van der Waals surface area contributed by atoms with Gasteiger partial charge in [0, 0.05) is 0 Å². The lowest BCUT2D eigenvalue weighted by molar-refractivity contribution is 1.73. The molecule has 0 saturated carbocycles. The van der Waals surface area contributed by atoms with Gasteiger partial charge in [0.2, 0.25) is 0 Å². The summed E-state index contributed by atoms with van der Waals surface area (Å²) >= 11 is 6.54. The Morgan fingerprint density at radius 1 is 1.00 bits per heavy atom. The molecule has 0 amide bonds. The fourth-order valence-electron chi connectivity index (χ4n) is 1.46. The van der Waals surface area contributed by atoms with Crippen LogP contribution in [0.3, 0.4) is 0 Å². The fraction of sp³-hybridized carbons (Fsp3) is 0.200. The largest absolute Gasteiger partial charge is 0.153 e. The Hall–Kier alpha value is -0.320. The van der Waals surface area contributed by atoms with Crippen LogP contribution >= 0.6 is 17.9 Å². The average Bonchev–Trinajstić information content (AvgIpc) is 2.55. The molecular weight excluding hydrogens is 187 g/mol. The van der Waals surface area contributed by atoms with Gasteiger partial charge in [-0.1, -0.05) is 18.2 Å². The molecule has 0 aromatic heterocycles. The first-order chi connectivity index (χ1) is 5.81. The van der Waals surface area contributed by atoms with Crippen LogP contribution in [0.4, 0.5) is 0 Å². The van der Waals surface area contributed by atoms with Crippen LogP contribution in [-0.4, -0.2) is 12.3 Å². The van der Waals surface area contributed by atoms with Crippen molar-refractivity contribution in [2.24, 2.45) is 0 Å². The van der Waals surface area contributed by atoms with Crippen LogP contribution in [0.5, 0.6) is 0 Å². The number of halogens is 1. The van der Waals surface area contributed by atoms with Crippen LogP contribution in [0.25, 0.3) is 0 Å². The summed E-state index contributed by atoms with van der Waals surface area (Å²) in [5.41, 5.74) is 0. The van der Waals surface area contributed by atoms with Gasteiger partial charge in [0.25, 0.3) is 0 Å². The minimum absolute atomic E-state index is 1.07. The van der Waals surface area contributed by atoms with E-state index in [0.29, 0.717) is 0 Å². The molecule has 0 saturated heterocycles. The molecular formula is C10H11ClP+. The van der Waals surface area contributed by atoms with Crippen LogP contribution in [0, 0.1) is 0 Å². The molecule has 62 valence electrons. The smallest absolute Gasteiger partial charge is 0.0620 e. The molecule has 1 aromatic carbocycles. The first-order valence-corrected chi connectivity index (χ1v) is 7.15. The average molecular weight is 198 g/mol. The van der Waals surface area contributed by atoms with E-state index in [0.717, 1.165) is 12.3 Å². The molecule has 12 heavy (non-hydrogen) atoms. The van der Waals surface area contributed by atoms with Crippen molar-refractivity contribution in [3.8, 4) is 0 Å². The molecule has 0 N–H and O–H groups in total. The Morgan fingerprint density at radius 3 is 2.17 bits per heavy atom. The Labute approximate surface area is 78.4 Å². The third-order valence-electron chi connectivity index (χ3n) is 2.18. The predicted molar refractivity (Wildman–Crippen MR) is 57.7 cm³/mol. The van der Waals surface area contributed by atoms with Crippen LogP contribution < -0.4 is 5.30 Å². The zero-order valence-electron chi connectivity index (χ0n) is 6.78. The molecule has 1 aromatic rings. The summed E-state index contributed by atoms with van der Waals surface area (Å²) in [6, 6.07) is 10.5. The lowest BCUT2D eigenvalue weighted by atomic mass is 10.4. The maximum atomic E-state index is 6.54. The Bertz CT molecular complexity index is 284. The minimum Gasteiger partial charge on any atom is -0.0620 e. The first kappa shape index (κ1) is 8.29. The Balaban J connectivity index is 2.31. The van der Waals surface area contributed by atoms with Gasteiger partial charge in [0.1, 0.15) is 5.30 Å². The van der Waals surface area contributed by atoms with Crippen molar-refractivity contribution in [1.29, 1.82) is 0 Å². The molecule has 0 bridgehead atoms. The van der Waals surface area contributed by atoms with E-state index in [2.05, 4.69) is 36.4 Å². The normalized spacial score (nSPS) is 19.8. The number of allylic oxidation sites excluding steroid dienone is 2. The van der Waals surface area contributed by atoms with Crippen molar-refractivity contribution in [3.63, 3.8) is 0 Å². The Morgan fingerprint density at radius 2 is 1.58 bits per heavy atom. The molecule has 1 aliphatic heterocycles. The van der Waals surface area contributed by atoms with E-state index in [1.165, 1.54) is 5.30 Å². The molecule has 0 fully saturated rings. The third-order valence-corrected chi connectivity index (χ3v) is 6.39. The van der Waals surface area contributed by atoms with Gasteiger partial charge in [-0.3, -0.25) is 0 Å². The standard InChI is InChI=1S/C10H11ClP/c11-12(8-4-5-9-12)10-6-2-1-3-7-10/h1-7H,8-9H2/q+1. The topological polar surface area (TPSA) is 0 Å². The highest BCUT2D eigenvalue weighted by atomic mass is 35.7. The number of rotatable bonds is 1. The van der Waals surface area contributed by atoms with Gasteiger partial charge in [-0.2, -0.15) is 0 Å². The summed E-state index contributed by atoms with van der Waals surface area (Å²) in [5, 5.41) is 1.34. The molecule has 1 heterocycles. The second kappa shape index (κ2) is 3.20. The zero-order chi connectivity index (χ0) is 8.44. The SMILES string of the molecule is Cl[P+]1(c2ccccc2)CC=CC1. The van der Waals surface area contributed by atoms with Gasteiger partial charge >= 0.3 is 0 Å². The van der Waals surface area contributed by atoms with Crippen molar-refractivity contribution in [2.45, 2.75) is 0 Å². The summed E-state index contributed by atoms with van der Waals surface area (Å²) in [4.78, 5) is 0. The summed E-state index contributed by atoms with van der Waals surface area (Å²) in [6.07, 6.45) is 6.54. The van der Waals surface area contributed by atoms with E-state index in [1.807, 2.05) is 6.07 Å². The quantitative estimate of drug-likeness (QED) is 0.480. The van der Waals surface area contributed by atoms with E-state index in [4.69, 9.17) is 11.2 Å². The maximum Gasteiger partial charge on any atom is 0.153 e. The van der Waals surface area contributed by atoms with E-state index in [1.54, 1.807) is 0 Å². The van der Waals surface area contributed by atoms with Crippen LogP contribution in [0.15, 0.2) is 42.5 Å². The maximum absolute atomic E-state index is 6.54. The summed E-state index contributed by atoms with van der Waals surface area (Å²) in [6.45, 7) is -1.31. The molecule has 2 rings (SSSR count). The van der Waals surface area contributed by atoms with Gasteiger partial charge in [0.05, 0.1) is 23.6 Å². The Kier molecular flexibility index (Phi) is 2.21. The van der Waals surface area contributed by atoms with Gasteiger partial charge in [-0.15, -0.1) is 0 Å². The number of benzene rings is 1. The molecule has 0 radical (unpaired) electrons. The predicted octanol–water partition coefficient (Wildman–Crippen LogP) is 3.05. The van der Waals surface area contributed by atoms with Gasteiger partial charge in [-0.05, 0) is 24.3 Å². The van der Waals surface area contributed by atoms with Crippen LogP contribution in [0.1, 0.15) is 0 Å². The molecule has 0 spiro atoms. The summed E-state index contributed by atoms with van der Waals surface area (Å²) in [5.74, 6) is 0. The van der Waals surface area contributed by atoms with E-state index in [9.17, 15) is 0 Å². The highest BCUT2D eigenvalue weighted by Gasteiger charge is 2.39. The molecule has 0 unspecified atom stereocenters. The molecule has 1 aliphatic rings. The molecule has 0 aliphatic carbocycles. The molecule has 2 heteroatoms. The highest BCUT2D eigenvalue weighted by molar-refractivity contribution is 8.05. The molecule has 0 atom stereocenters. The highest BCUT2D eigenvalue weighted by Crippen LogP contribution is 2.64. The van der Waals surface area contributed by atoms with Crippen molar-refractivity contribution in [1.82, 2.24) is 0 Å². The van der Waals surface area contributed by atoms with Crippen molar-refractivity contribution in [3.05, 3.63) is 42.5 Å². The van der Waals surface area contributed by atoms with E-state index >= 15 is 0 Å². The minimum atomic E-state index is -1.31. The van der Waals surface area contributed by atoms with Gasteiger partial charge in [-0.25, -0.2) is 0 Å². The number of hydrogen-bond acceptors (Lipinski definition) is 0. The third kappa shape index (κ3) is 1.42. The first-order valence-electron chi connectivity index (χ1n) is 4.09. The van der Waals surface area contributed by atoms with Crippen molar-refractivity contribution < 1.29 is 0 Å². The summed E-state index contributed by atoms with van der Waals surface area (Å²) < 4.78 is 0. The second-order valence-electron chi connectivity index (χ2n) is 3.04. The second-order valence-corrected chi connectivity index (χ2v) is 7.95. The summed E-state index contributed by atoms with van der Waals surface area (Å²) in [7, 11) is 0. The van der Waals surface area contributed by atoms with Crippen molar-refractivity contribution >= 4 is 23.2 Å². The van der Waals surface area contributed by atoms with E-state index < -0.39 is 6.62 Å². The molecule has 0 nitrogen and oxygen atoms in total. The van der Waals surface area contributed by atoms with Crippen LogP contribution in [-0.2, 0) is 0 Å². The van der Waals surface area contributed by atoms with Gasteiger partial charge in [0.15, 0.2) is 6.62 Å². The lowest BCUT2D eigenvalue weighted by Gasteiger charge is -2.10. The van der Waals surface area contributed by atoms with E-state index in [-0.39, 0.29) is 0 Å². The number of hydrogen-bond donors (Lipinski definition) is 0. The fourth-order valence-corrected chi connectivity index (χ4v) is 4.52. The van der Waals surface area contributed by atoms with Gasteiger partial charge < -0.3 is 0 Å². The monoisotopic (exact) mass is 197 g/mol. The lowest BCUT2D eigenvalue weighted by Crippen LogP contribution is -2.07. The zero-order valence-corrected chi connectivity index (χ0v) is 8.43. The van der Waals surface area contributed by atoms with Crippen LogP contribution in [0.2, 0.25) is 0 Å². The van der Waals surface area contributed by atoms with Crippen molar-refractivity contribution in [2.75, 3.05) is 12.3 Å².